The molecule has 0 aromatic heterocycles. The fraction of sp³-hybridized carbons (Fsp3) is 0.813. The summed E-state index contributed by atoms with van der Waals surface area (Å²) in [6, 6.07) is -0.834. The van der Waals surface area contributed by atoms with E-state index in [0.717, 1.165) is 77.0 Å². The van der Waals surface area contributed by atoms with Gasteiger partial charge in [-0.05, 0) is 109 Å². The number of hydrogen-bond donors (Lipinski definition) is 6. The van der Waals surface area contributed by atoms with Gasteiger partial charge in [-0.1, -0.05) is 279 Å². The third kappa shape index (κ3) is 51.9. The summed E-state index contributed by atoms with van der Waals surface area (Å²) in [5.74, 6) is -0.199. The summed E-state index contributed by atoms with van der Waals surface area (Å²) in [7, 11) is 0. The molecular formula is C75H135NO10. The molecule has 11 nitrogen and oxygen atoms in total. The summed E-state index contributed by atoms with van der Waals surface area (Å²) >= 11 is 0. The molecule has 0 aliphatic carbocycles. The Morgan fingerprint density at radius 1 is 0.442 bits per heavy atom. The number of amides is 1. The number of rotatable bonds is 63. The van der Waals surface area contributed by atoms with Crippen molar-refractivity contribution in [3.63, 3.8) is 0 Å². The zero-order valence-corrected chi connectivity index (χ0v) is 55.5. The van der Waals surface area contributed by atoms with Gasteiger partial charge in [-0.2, -0.15) is 0 Å². The van der Waals surface area contributed by atoms with Gasteiger partial charge in [0.25, 0.3) is 0 Å². The first kappa shape index (κ1) is 81.1. The van der Waals surface area contributed by atoms with E-state index in [-0.39, 0.29) is 18.5 Å². The molecule has 0 radical (unpaired) electrons. The molecule has 86 heavy (non-hydrogen) atoms. The SMILES string of the molecule is CC/C=C/CC/C=C/CC/C=C/C(O)C(COC1OC(CO)C(O)C(O)C1O)NC(=O)CCCCCCCCCCCCCCCCCCC/C=C\C/C=C\CCCCCCCCCCCOC(=O)CCCCCCC/C=C\CCCCCCCC. The molecule has 0 bridgehead atoms. The van der Waals surface area contributed by atoms with Gasteiger partial charge >= 0.3 is 5.97 Å². The van der Waals surface area contributed by atoms with Crippen LogP contribution in [0, 0.1) is 0 Å². The van der Waals surface area contributed by atoms with E-state index < -0.39 is 49.5 Å². The molecule has 1 saturated heterocycles. The highest BCUT2D eigenvalue weighted by molar-refractivity contribution is 5.76. The van der Waals surface area contributed by atoms with E-state index in [0.29, 0.717) is 19.4 Å². The first-order valence-corrected chi connectivity index (χ1v) is 36.2. The van der Waals surface area contributed by atoms with Crippen LogP contribution in [0.4, 0.5) is 0 Å². The van der Waals surface area contributed by atoms with Gasteiger partial charge in [0.1, 0.15) is 24.4 Å². The maximum Gasteiger partial charge on any atom is 0.305 e. The maximum absolute atomic E-state index is 13.0. The lowest BCUT2D eigenvalue weighted by Gasteiger charge is -2.40. The molecule has 1 aliphatic heterocycles. The molecule has 1 fully saturated rings. The molecule has 0 aromatic rings. The van der Waals surface area contributed by atoms with E-state index in [1.54, 1.807) is 6.08 Å². The Morgan fingerprint density at radius 2 is 0.826 bits per heavy atom. The highest BCUT2D eigenvalue weighted by atomic mass is 16.7. The topological polar surface area (TPSA) is 175 Å². The molecule has 500 valence electrons. The number of carbonyl (C=O) groups excluding carboxylic acids is 2. The van der Waals surface area contributed by atoms with Crippen molar-refractivity contribution >= 4 is 11.9 Å². The summed E-state index contributed by atoms with van der Waals surface area (Å²) in [5.41, 5.74) is 0. The average Bonchev–Trinajstić information content (AvgIpc) is 2.82. The number of carbonyl (C=O) groups is 2. The highest BCUT2D eigenvalue weighted by Crippen LogP contribution is 2.23. The van der Waals surface area contributed by atoms with Crippen LogP contribution in [0.2, 0.25) is 0 Å². The van der Waals surface area contributed by atoms with Gasteiger partial charge in [-0.3, -0.25) is 9.59 Å². The number of nitrogens with one attached hydrogen (secondary N) is 1. The summed E-state index contributed by atoms with van der Waals surface area (Å²) in [4.78, 5) is 25.1. The van der Waals surface area contributed by atoms with Crippen molar-refractivity contribution in [3.05, 3.63) is 72.9 Å². The number of esters is 1. The lowest BCUT2D eigenvalue weighted by molar-refractivity contribution is -0.302. The lowest BCUT2D eigenvalue weighted by Crippen LogP contribution is -2.60. The van der Waals surface area contributed by atoms with E-state index >= 15 is 0 Å². The molecule has 1 aliphatic rings. The highest BCUT2D eigenvalue weighted by Gasteiger charge is 2.44. The average molecular weight is 1210 g/mol. The van der Waals surface area contributed by atoms with Crippen molar-refractivity contribution < 1.29 is 49.3 Å². The van der Waals surface area contributed by atoms with Crippen molar-refractivity contribution in [2.24, 2.45) is 0 Å². The van der Waals surface area contributed by atoms with Crippen LogP contribution < -0.4 is 5.32 Å². The van der Waals surface area contributed by atoms with E-state index in [1.807, 2.05) is 6.08 Å². The minimum absolute atomic E-state index is 0.00177. The van der Waals surface area contributed by atoms with E-state index in [2.05, 4.69) is 79.9 Å². The van der Waals surface area contributed by atoms with Crippen molar-refractivity contribution in [3.8, 4) is 0 Å². The molecule has 1 rings (SSSR count). The zero-order valence-electron chi connectivity index (χ0n) is 55.5. The second-order valence-electron chi connectivity index (χ2n) is 24.9. The second kappa shape index (κ2) is 63.7. The number of allylic oxidation sites excluding steroid dienone is 11. The first-order chi connectivity index (χ1) is 42.2. The van der Waals surface area contributed by atoms with Crippen molar-refractivity contribution in [2.75, 3.05) is 19.8 Å². The molecule has 6 N–H and O–H groups in total. The van der Waals surface area contributed by atoms with Crippen LogP contribution in [0.3, 0.4) is 0 Å². The van der Waals surface area contributed by atoms with Crippen molar-refractivity contribution in [2.45, 2.75) is 371 Å². The predicted molar refractivity (Wildman–Crippen MR) is 361 cm³/mol. The number of hydrogen-bond acceptors (Lipinski definition) is 10. The predicted octanol–water partition coefficient (Wildman–Crippen LogP) is 18.7. The molecule has 11 heteroatoms. The number of aliphatic hydroxyl groups excluding tert-OH is 5. The van der Waals surface area contributed by atoms with Gasteiger partial charge in [0.15, 0.2) is 6.29 Å². The molecule has 7 atom stereocenters. The van der Waals surface area contributed by atoms with Crippen LogP contribution in [-0.2, 0) is 23.8 Å². The summed E-state index contributed by atoms with van der Waals surface area (Å²) < 4.78 is 16.7. The molecule has 0 saturated carbocycles. The Balaban J connectivity index is 1.92. The van der Waals surface area contributed by atoms with Crippen molar-refractivity contribution in [1.29, 1.82) is 0 Å². The van der Waals surface area contributed by atoms with Gasteiger partial charge < -0.3 is 45.1 Å². The minimum atomic E-state index is -1.58. The third-order valence-electron chi connectivity index (χ3n) is 16.8. The van der Waals surface area contributed by atoms with Crippen molar-refractivity contribution in [1.82, 2.24) is 5.32 Å². The van der Waals surface area contributed by atoms with E-state index in [9.17, 15) is 35.1 Å². The Kier molecular flexibility index (Phi) is 60.0. The smallest absolute Gasteiger partial charge is 0.305 e. The Bertz CT molecular complexity index is 1660. The summed E-state index contributed by atoms with van der Waals surface area (Å²) in [5, 5.41) is 54.3. The number of ether oxygens (including phenoxy) is 3. The molecule has 7 unspecified atom stereocenters. The fourth-order valence-electron chi connectivity index (χ4n) is 11.1. The molecule has 1 amide bonds. The third-order valence-corrected chi connectivity index (χ3v) is 16.8. The Labute approximate surface area is 528 Å². The fourth-order valence-corrected chi connectivity index (χ4v) is 11.1. The van der Waals surface area contributed by atoms with Crippen LogP contribution in [0.5, 0.6) is 0 Å². The maximum atomic E-state index is 13.0. The Morgan fingerprint density at radius 3 is 1.28 bits per heavy atom. The van der Waals surface area contributed by atoms with Gasteiger partial charge in [-0.15, -0.1) is 0 Å². The van der Waals surface area contributed by atoms with Gasteiger partial charge in [-0.25, -0.2) is 0 Å². The monoisotopic (exact) mass is 1210 g/mol. The van der Waals surface area contributed by atoms with Crippen LogP contribution in [-0.4, -0.2) is 100 Å². The van der Waals surface area contributed by atoms with E-state index in [4.69, 9.17) is 14.2 Å². The Hall–Kier alpha value is -2.90. The quantitative estimate of drug-likeness (QED) is 0.0195. The largest absolute Gasteiger partial charge is 0.466 e. The molecule has 1 heterocycles. The molecular weight excluding hydrogens is 1070 g/mol. The second-order valence-corrected chi connectivity index (χ2v) is 24.9. The standard InChI is InChI=1S/C75H135NO10/c1-3-5-7-9-11-13-15-16-36-40-43-47-51-55-59-63-71(80)84-64-60-56-52-48-44-41-38-35-33-31-29-27-25-23-21-19-17-18-20-22-24-26-28-30-32-34-37-39-42-46-50-54-58-62-70(79)76-67(66-85-75-74(83)73(82)72(81)69(65-77)86-75)68(78)61-57-53-49-45-14-12-10-8-6-4-2/h6,8,14,16,21,23,27,29,36,45,57,61,67-69,72-75,77-78,81-83H,3-5,7,9-13,15,17-20,22,24-26,28,30-35,37-44,46-56,58-60,62-66H2,1-2H3,(H,76,79)/b8-6+,23-21-,29-27-,36-16-,45-14+,61-57+. The van der Waals surface area contributed by atoms with Gasteiger partial charge in [0.2, 0.25) is 5.91 Å². The normalized spacial score (nSPS) is 18.3. The van der Waals surface area contributed by atoms with Crippen LogP contribution in [0.25, 0.3) is 0 Å². The van der Waals surface area contributed by atoms with Crippen LogP contribution in [0.1, 0.15) is 328 Å². The minimum Gasteiger partial charge on any atom is -0.466 e. The first-order valence-electron chi connectivity index (χ1n) is 36.2. The summed E-state index contributed by atoms with van der Waals surface area (Å²) in [6.45, 7) is 4.21. The lowest BCUT2D eigenvalue weighted by atomic mass is 9.99. The van der Waals surface area contributed by atoms with Crippen LogP contribution >= 0.6 is 0 Å². The van der Waals surface area contributed by atoms with Gasteiger partial charge in [0, 0.05) is 12.8 Å². The van der Waals surface area contributed by atoms with E-state index in [1.165, 1.54) is 225 Å². The number of unbranched alkanes of at least 4 members (excludes halogenated alkanes) is 39. The number of aliphatic hydroxyl groups is 5. The summed E-state index contributed by atoms with van der Waals surface area (Å²) in [6.07, 6.45) is 76.4. The molecule has 0 spiro atoms. The van der Waals surface area contributed by atoms with Gasteiger partial charge in [0.05, 0.1) is 32.0 Å². The van der Waals surface area contributed by atoms with Crippen LogP contribution in [0.15, 0.2) is 72.9 Å². The zero-order chi connectivity index (χ0) is 62.3. The molecule has 0 aromatic carbocycles.